The second-order valence-electron chi connectivity index (χ2n) is 7.17. The fraction of sp³-hybridized carbons (Fsp3) is 0.364. The van der Waals surface area contributed by atoms with Gasteiger partial charge in [0.15, 0.2) is 0 Å². The Labute approximate surface area is 166 Å². The summed E-state index contributed by atoms with van der Waals surface area (Å²) in [7, 11) is 0. The third-order valence-electron chi connectivity index (χ3n) is 5.15. The molecule has 1 amide bonds. The minimum absolute atomic E-state index is 0.0272. The van der Waals surface area contributed by atoms with Crippen LogP contribution >= 0.6 is 0 Å². The van der Waals surface area contributed by atoms with Crippen molar-refractivity contribution < 1.29 is 14.7 Å². The lowest BCUT2D eigenvalue weighted by Gasteiger charge is -2.36. The number of aliphatic carboxylic acids is 1. The van der Waals surface area contributed by atoms with E-state index in [2.05, 4.69) is 30.0 Å². The summed E-state index contributed by atoms with van der Waals surface area (Å²) in [6.45, 7) is 5.88. The Morgan fingerprint density at radius 2 is 1.57 bits per heavy atom. The van der Waals surface area contributed by atoms with Gasteiger partial charge in [0.1, 0.15) is 6.54 Å². The maximum atomic E-state index is 12.8. The van der Waals surface area contributed by atoms with E-state index in [1.807, 2.05) is 41.3 Å². The van der Waals surface area contributed by atoms with E-state index < -0.39 is 5.97 Å². The van der Waals surface area contributed by atoms with Crippen LogP contribution in [-0.2, 0) is 16.1 Å². The van der Waals surface area contributed by atoms with E-state index in [-0.39, 0.29) is 19.0 Å². The number of amides is 1. The maximum Gasteiger partial charge on any atom is 0.323 e. The first-order valence-electron chi connectivity index (χ1n) is 9.59. The highest BCUT2D eigenvalue weighted by Crippen LogP contribution is 2.15. The lowest BCUT2D eigenvalue weighted by Crippen LogP contribution is -2.51. The van der Waals surface area contributed by atoms with Crippen LogP contribution in [0.4, 0.5) is 5.69 Å². The fourth-order valence-corrected chi connectivity index (χ4v) is 3.49. The number of anilines is 1. The van der Waals surface area contributed by atoms with Crippen LogP contribution in [0.1, 0.15) is 11.1 Å². The number of para-hydroxylation sites is 1. The minimum Gasteiger partial charge on any atom is -0.480 e. The summed E-state index contributed by atoms with van der Waals surface area (Å²) in [5.74, 6) is -0.972. The minimum atomic E-state index is -0.945. The number of aryl methyl sites for hydroxylation is 1. The molecule has 0 radical (unpaired) electrons. The molecule has 1 N–H and O–H groups in total. The summed E-state index contributed by atoms with van der Waals surface area (Å²) in [6, 6.07) is 17.6. The van der Waals surface area contributed by atoms with Gasteiger partial charge in [0.25, 0.3) is 0 Å². The van der Waals surface area contributed by atoms with E-state index in [0.29, 0.717) is 13.1 Å². The topological polar surface area (TPSA) is 64.1 Å². The van der Waals surface area contributed by atoms with Gasteiger partial charge in [-0.3, -0.25) is 14.5 Å². The quantitative estimate of drug-likeness (QED) is 0.797. The molecule has 0 spiro atoms. The Balaban J connectivity index is 1.55. The molecule has 0 atom stereocenters. The molecule has 28 heavy (non-hydrogen) atoms. The molecule has 0 saturated carbocycles. The second kappa shape index (κ2) is 9.37. The summed E-state index contributed by atoms with van der Waals surface area (Å²) >= 11 is 0. The van der Waals surface area contributed by atoms with E-state index in [9.17, 15) is 14.7 Å². The zero-order valence-electron chi connectivity index (χ0n) is 16.3. The van der Waals surface area contributed by atoms with Crippen molar-refractivity contribution in [3.05, 3.63) is 65.7 Å². The SMILES string of the molecule is Cc1ccccc1CN1CCN(C(=O)CN(CC(=O)O)c2ccccc2)CC1. The second-order valence-corrected chi connectivity index (χ2v) is 7.17. The molecule has 1 aliphatic heterocycles. The zero-order valence-corrected chi connectivity index (χ0v) is 16.3. The first kappa shape index (κ1) is 19.9. The van der Waals surface area contributed by atoms with Gasteiger partial charge in [-0.2, -0.15) is 0 Å². The Bertz CT molecular complexity index is 802. The number of carbonyl (C=O) groups excluding carboxylic acids is 1. The van der Waals surface area contributed by atoms with Crippen LogP contribution in [0.5, 0.6) is 0 Å². The van der Waals surface area contributed by atoms with E-state index in [0.717, 1.165) is 25.3 Å². The predicted molar refractivity (Wildman–Crippen MR) is 109 cm³/mol. The van der Waals surface area contributed by atoms with Gasteiger partial charge in [0, 0.05) is 38.4 Å². The molecule has 3 rings (SSSR count). The van der Waals surface area contributed by atoms with Gasteiger partial charge < -0.3 is 14.9 Å². The molecule has 1 heterocycles. The van der Waals surface area contributed by atoms with Crippen molar-refractivity contribution >= 4 is 17.6 Å². The van der Waals surface area contributed by atoms with Gasteiger partial charge in [-0.1, -0.05) is 42.5 Å². The number of hydrogen-bond acceptors (Lipinski definition) is 4. The molecule has 0 aliphatic carbocycles. The van der Waals surface area contributed by atoms with Crippen molar-refractivity contribution in [2.24, 2.45) is 0 Å². The Morgan fingerprint density at radius 1 is 0.929 bits per heavy atom. The van der Waals surface area contributed by atoms with Crippen molar-refractivity contribution in [2.45, 2.75) is 13.5 Å². The monoisotopic (exact) mass is 381 g/mol. The van der Waals surface area contributed by atoms with E-state index in [1.165, 1.54) is 11.1 Å². The summed E-state index contributed by atoms with van der Waals surface area (Å²) in [4.78, 5) is 29.8. The highest BCUT2D eigenvalue weighted by atomic mass is 16.4. The Kier molecular flexibility index (Phi) is 6.66. The highest BCUT2D eigenvalue weighted by molar-refractivity contribution is 5.84. The molecule has 1 fully saturated rings. The lowest BCUT2D eigenvalue weighted by atomic mass is 10.1. The van der Waals surface area contributed by atoms with Gasteiger partial charge >= 0.3 is 5.97 Å². The van der Waals surface area contributed by atoms with Crippen molar-refractivity contribution in [3.8, 4) is 0 Å². The molecule has 6 nitrogen and oxygen atoms in total. The average molecular weight is 381 g/mol. The van der Waals surface area contributed by atoms with Gasteiger partial charge in [-0.15, -0.1) is 0 Å². The number of rotatable bonds is 7. The van der Waals surface area contributed by atoms with E-state index in [1.54, 1.807) is 4.90 Å². The summed E-state index contributed by atoms with van der Waals surface area (Å²) in [5.41, 5.74) is 3.35. The van der Waals surface area contributed by atoms with Crippen LogP contribution < -0.4 is 4.90 Å². The Morgan fingerprint density at radius 3 is 2.21 bits per heavy atom. The third kappa shape index (κ3) is 5.33. The van der Waals surface area contributed by atoms with Gasteiger partial charge in [0.2, 0.25) is 5.91 Å². The standard InChI is InChI=1S/C22H27N3O3/c1-18-7-5-6-8-19(18)15-23-11-13-24(14-12-23)21(26)16-25(17-22(27)28)20-9-3-2-4-10-20/h2-10H,11-17H2,1H3,(H,27,28). The molecule has 0 unspecified atom stereocenters. The molecule has 2 aromatic rings. The number of piperazine rings is 1. The normalized spacial score (nSPS) is 14.7. The number of nitrogens with zero attached hydrogens (tertiary/aromatic N) is 3. The first-order chi connectivity index (χ1) is 13.5. The fourth-order valence-electron chi connectivity index (χ4n) is 3.49. The van der Waals surface area contributed by atoms with Gasteiger partial charge in [0.05, 0.1) is 6.54 Å². The lowest BCUT2D eigenvalue weighted by molar-refractivity contribution is -0.135. The predicted octanol–water partition coefficient (Wildman–Crippen LogP) is 2.23. The summed E-state index contributed by atoms with van der Waals surface area (Å²) in [5, 5.41) is 9.19. The van der Waals surface area contributed by atoms with Crippen LogP contribution in [0.25, 0.3) is 0 Å². The number of carboxylic acids is 1. The maximum absolute atomic E-state index is 12.8. The Hall–Kier alpha value is -2.86. The molecule has 2 aromatic carbocycles. The van der Waals surface area contributed by atoms with Crippen LogP contribution in [0, 0.1) is 6.92 Å². The van der Waals surface area contributed by atoms with Crippen molar-refractivity contribution in [3.63, 3.8) is 0 Å². The third-order valence-corrected chi connectivity index (χ3v) is 5.15. The van der Waals surface area contributed by atoms with Crippen molar-refractivity contribution in [2.75, 3.05) is 44.2 Å². The largest absolute Gasteiger partial charge is 0.480 e. The van der Waals surface area contributed by atoms with Crippen LogP contribution in [-0.4, -0.2) is 66.1 Å². The smallest absolute Gasteiger partial charge is 0.323 e. The summed E-state index contributed by atoms with van der Waals surface area (Å²) in [6.07, 6.45) is 0. The van der Waals surface area contributed by atoms with Gasteiger partial charge in [-0.05, 0) is 30.2 Å². The van der Waals surface area contributed by atoms with E-state index >= 15 is 0 Å². The molecular formula is C22H27N3O3. The van der Waals surface area contributed by atoms with Crippen molar-refractivity contribution in [1.82, 2.24) is 9.80 Å². The number of carbonyl (C=O) groups is 2. The van der Waals surface area contributed by atoms with Crippen molar-refractivity contribution in [1.29, 1.82) is 0 Å². The molecule has 148 valence electrons. The number of benzene rings is 2. The highest BCUT2D eigenvalue weighted by Gasteiger charge is 2.24. The first-order valence-corrected chi connectivity index (χ1v) is 9.59. The van der Waals surface area contributed by atoms with Gasteiger partial charge in [-0.25, -0.2) is 0 Å². The van der Waals surface area contributed by atoms with E-state index in [4.69, 9.17) is 0 Å². The summed E-state index contributed by atoms with van der Waals surface area (Å²) < 4.78 is 0. The molecule has 6 heteroatoms. The van der Waals surface area contributed by atoms with Crippen LogP contribution in [0.15, 0.2) is 54.6 Å². The molecular weight excluding hydrogens is 354 g/mol. The average Bonchev–Trinajstić information content (AvgIpc) is 2.70. The number of hydrogen-bond donors (Lipinski definition) is 1. The van der Waals surface area contributed by atoms with Crippen LogP contribution in [0.3, 0.4) is 0 Å². The molecule has 0 bridgehead atoms. The molecule has 1 aliphatic rings. The van der Waals surface area contributed by atoms with Crippen LogP contribution in [0.2, 0.25) is 0 Å². The number of carboxylic acid groups (broad SMARTS) is 1. The molecule has 1 saturated heterocycles. The zero-order chi connectivity index (χ0) is 19.9. The molecule has 0 aromatic heterocycles.